The van der Waals surface area contributed by atoms with Crippen molar-refractivity contribution in [1.82, 2.24) is 9.88 Å². The first kappa shape index (κ1) is 24.6. The van der Waals surface area contributed by atoms with Crippen LogP contribution < -0.4 is 5.32 Å². The SMILES string of the molecule is C[C@H]1CC[C@H](N(CCCCCc2ccccc2)C(=O)Nc2ncc(SCC(=O)O)s2)CC1. The van der Waals surface area contributed by atoms with Crippen LogP contribution in [0.25, 0.3) is 0 Å². The minimum atomic E-state index is -0.862. The molecule has 6 nitrogen and oxygen atoms in total. The van der Waals surface area contributed by atoms with Gasteiger partial charge in [-0.3, -0.25) is 10.1 Å². The van der Waals surface area contributed by atoms with E-state index in [0.717, 1.165) is 68.0 Å². The first-order chi connectivity index (χ1) is 15.5. The summed E-state index contributed by atoms with van der Waals surface area (Å²) in [6, 6.07) is 10.7. The Hall–Kier alpha value is -2.06. The van der Waals surface area contributed by atoms with Crippen molar-refractivity contribution in [3.63, 3.8) is 0 Å². The highest BCUT2D eigenvalue weighted by molar-refractivity contribution is 8.01. The molecule has 0 saturated heterocycles. The third-order valence-corrected chi connectivity index (χ3v) is 8.02. The average molecular weight is 476 g/mol. The number of rotatable bonds is 11. The predicted molar refractivity (Wildman–Crippen MR) is 132 cm³/mol. The molecule has 1 fully saturated rings. The van der Waals surface area contributed by atoms with Crippen LogP contribution in [0.3, 0.4) is 0 Å². The van der Waals surface area contributed by atoms with Crippen LogP contribution >= 0.6 is 23.1 Å². The Labute approximate surface area is 198 Å². The van der Waals surface area contributed by atoms with Crippen molar-refractivity contribution in [3.8, 4) is 0 Å². The number of unbranched alkanes of at least 4 members (excludes halogenated alkanes) is 2. The van der Waals surface area contributed by atoms with E-state index in [2.05, 4.69) is 41.5 Å². The summed E-state index contributed by atoms with van der Waals surface area (Å²) in [7, 11) is 0. The van der Waals surface area contributed by atoms with E-state index >= 15 is 0 Å². The fraction of sp³-hybridized carbons (Fsp3) is 0.542. The van der Waals surface area contributed by atoms with E-state index in [9.17, 15) is 9.59 Å². The number of carbonyl (C=O) groups excluding carboxylic acids is 1. The maximum absolute atomic E-state index is 13.1. The van der Waals surface area contributed by atoms with Crippen LogP contribution in [-0.4, -0.2) is 45.3 Å². The number of carboxylic acid groups (broad SMARTS) is 1. The zero-order valence-corrected chi connectivity index (χ0v) is 20.3. The molecule has 1 aromatic heterocycles. The number of nitrogens with one attached hydrogen (secondary N) is 1. The molecule has 1 heterocycles. The second-order valence-corrected chi connectivity index (χ2v) is 10.8. The summed E-state index contributed by atoms with van der Waals surface area (Å²) >= 11 is 2.55. The molecular formula is C24H33N3O3S2. The summed E-state index contributed by atoms with van der Waals surface area (Å²) in [4.78, 5) is 30.2. The molecule has 0 bridgehead atoms. The number of nitrogens with zero attached hydrogens (tertiary/aromatic N) is 2. The molecule has 0 aliphatic heterocycles. The Bertz CT molecular complexity index is 851. The number of thiazole rings is 1. The number of hydrogen-bond donors (Lipinski definition) is 2. The topological polar surface area (TPSA) is 82.5 Å². The summed E-state index contributed by atoms with van der Waals surface area (Å²) in [5.74, 6) is -0.140. The Kier molecular flexibility index (Phi) is 9.87. The maximum atomic E-state index is 13.1. The monoisotopic (exact) mass is 475 g/mol. The normalized spacial score (nSPS) is 18.3. The molecule has 0 radical (unpaired) electrons. The van der Waals surface area contributed by atoms with Gasteiger partial charge in [-0.2, -0.15) is 0 Å². The predicted octanol–water partition coefficient (Wildman–Crippen LogP) is 6.15. The van der Waals surface area contributed by atoms with Crippen LogP contribution in [0.15, 0.2) is 40.7 Å². The molecule has 32 heavy (non-hydrogen) atoms. The fourth-order valence-electron chi connectivity index (χ4n) is 4.12. The number of anilines is 1. The molecule has 0 unspecified atom stereocenters. The van der Waals surface area contributed by atoms with Crippen molar-refractivity contribution in [3.05, 3.63) is 42.1 Å². The Morgan fingerprint density at radius 1 is 1.16 bits per heavy atom. The Morgan fingerprint density at radius 3 is 2.62 bits per heavy atom. The number of aryl methyl sites for hydroxylation is 1. The summed E-state index contributed by atoms with van der Waals surface area (Å²) in [6.07, 6.45) is 10.3. The lowest BCUT2D eigenvalue weighted by atomic mass is 9.86. The van der Waals surface area contributed by atoms with E-state index in [1.807, 2.05) is 11.0 Å². The summed E-state index contributed by atoms with van der Waals surface area (Å²) < 4.78 is 0.793. The van der Waals surface area contributed by atoms with Crippen LogP contribution in [0.2, 0.25) is 0 Å². The van der Waals surface area contributed by atoms with Crippen LogP contribution in [0.4, 0.5) is 9.93 Å². The molecule has 174 valence electrons. The molecule has 0 spiro atoms. The van der Waals surface area contributed by atoms with Crippen molar-refractivity contribution >= 4 is 40.2 Å². The van der Waals surface area contributed by atoms with Crippen molar-refractivity contribution in [1.29, 1.82) is 0 Å². The lowest BCUT2D eigenvalue weighted by Gasteiger charge is -2.36. The van der Waals surface area contributed by atoms with Gasteiger partial charge in [-0.15, -0.1) is 11.8 Å². The fourth-order valence-corrected chi connectivity index (χ4v) is 5.70. The maximum Gasteiger partial charge on any atom is 0.323 e. The summed E-state index contributed by atoms with van der Waals surface area (Å²) in [5, 5.41) is 12.3. The van der Waals surface area contributed by atoms with Crippen LogP contribution in [-0.2, 0) is 11.2 Å². The highest BCUT2D eigenvalue weighted by atomic mass is 32.2. The molecular weight excluding hydrogens is 442 g/mol. The smallest absolute Gasteiger partial charge is 0.323 e. The van der Waals surface area contributed by atoms with Gasteiger partial charge in [0.1, 0.15) is 0 Å². The number of carbonyl (C=O) groups is 2. The van der Waals surface area contributed by atoms with Gasteiger partial charge in [0.25, 0.3) is 0 Å². The number of thioether (sulfide) groups is 1. The van der Waals surface area contributed by atoms with Crippen LogP contribution in [0.5, 0.6) is 0 Å². The van der Waals surface area contributed by atoms with Gasteiger partial charge in [0, 0.05) is 12.6 Å². The van der Waals surface area contributed by atoms with Gasteiger partial charge in [0.05, 0.1) is 16.2 Å². The number of carboxylic acids is 1. The summed E-state index contributed by atoms with van der Waals surface area (Å²) in [5.41, 5.74) is 1.36. The molecule has 2 N–H and O–H groups in total. The van der Waals surface area contributed by atoms with E-state index in [0.29, 0.717) is 5.13 Å². The average Bonchev–Trinajstić information content (AvgIpc) is 3.23. The minimum absolute atomic E-state index is 0.00898. The lowest BCUT2D eigenvalue weighted by Crippen LogP contribution is -2.45. The van der Waals surface area contributed by atoms with Crippen LogP contribution in [0, 0.1) is 5.92 Å². The van der Waals surface area contributed by atoms with E-state index in [4.69, 9.17) is 5.11 Å². The zero-order chi connectivity index (χ0) is 22.8. The number of aromatic nitrogens is 1. The second-order valence-electron chi connectivity index (χ2n) is 8.50. The largest absolute Gasteiger partial charge is 0.481 e. The van der Waals surface area contributed by atoms with Gasteiger partial charge < -0.3 is 10.0 Å². The van der Waals surface area contributed by atoms with Gasteiger partial charge in [-0.1, -0.05) is 55.0 Å². The number of amides is 2. The number of hydrogen-bond acceptors (Lipinski definition) is 5. The Balaban J connectivity index is 1.52. The number of urea groups is 1. The van der Waals surface area contributed by atoms with E-state index < -0.39 is 5.97 Å². The molecule has 0 atom stereocenters. The van der Waals surface area contributed by atoms with E-state index in [1.165, 1.54) is 28.7 Å². The van der Waals surface area contributed by atoms with Gasteiger partial charge in [-0.25, -0.2) is 9.78 Å². The van der Waals surface area contributed by atoms with Crippen molar-refractivity contribution in [2.24, 2.45) is 5.92 Å². The van der Waals surface area contributed by atoms with E-state index in [1.54, 1.807) is 6.20 Å². The minimum Gasteiger partial charge on any atom is -0.481 e. The highest BCUT2D eigenvalue weighted by Gasteiger charge is 2.27. The first-order valence-electron chi connectivity index (χ1n) is 11.4. The Morgan fingerprint density at radius 2 is 1.91 bits per heavy atom. The highest BCUT2D eigenvalue weighted by Crippen LogP contribution is 2.30. The molecule has 2 aromatic rings. The lowest BCUT2D eigenvalue weighted by molar-refractivity contribution is -0.133. The molecule has 1 aromatic carbocycles. The van der Waals surface area contributed by atoms with Crippen molar-refractivity contribution < 1.29 is 14.7 Å². The number of benzene rings is 1. The molecule has 8 heteroatoms. The van der Waals surface area contributed by atoms with Gasteiger partial charge >= 0.3 is 12.0 Å². The molecule has 3 rings (SSSR count). The van der Waals surface area contributed by atoms with Crippen LogP contribution in [0.1, 0.15) is 57.4 Å². The quantitative estimate of drug-likeness (QED) is 0.301. The molecule has 1 aliphatic rings. The second kappa shape index (κ2) is 12.8. The number of aliphatic carboxylic acids is 1. The molecule has 1 aliphatic carbocycles. The zero-order valence-electron chi connectivity index (χ0n) is 18.7. The standard InChI is InChI=1S/C24H33N3O3S2/c1-18-11-13-20(14-12-18)27(15-7-3-6-10-19-8-4-2-5-9-19)24(30)26-23-25-16-22(32-23)31-17-21(28)29/h2,4-5,8-9,16,18,20H,3,6-7,10-15,17H2,1H3,(H,28,29)(H,25,26,30)/t18-,20-. The van der Waals surface area contributed by atoms with Gasteiger partial charge in [-0.05, 0) is 56.4 Å². The first-order valence-corrected chi connectivity index (χ1v) is 13.2. The molecule has 2 amide bonds. The van der Waals surface area contributed by atoms with Gasteiger partial charge in [0.15, 0.2) is 5.13 Å². The third kappa shape index (κ3) is 8.13. The van der Waals surface area contributed by atoms with E-state index in [-0.39, 0.29) is 17.8 Å². The summed E-state index contributed by atoms with van der Waals surface area (Å²) in [6.45, 7) is 3.04. The van der Waals surface area contributed by atoms with Crippen molar-refractivity contribution in [2.45, 2.75) is 68.5 Å². The third-order valence-electron chi connectivity index (χ3n) is 5.93. The van der Waals surface area contributed by atoms with Crippen molar-refractivity contribution in [2.75, 3.05) is 17.6 Å². The molecule has 1 saturated carbocycles. The van der Waals surface area contributed by atoms with Gasteiger partial charge in [0.2, 0.25) is 0 Å².